The van der Waals surface area contributed by atoms with Crippen molar-refractivity contribution in [3.05, 3.63) is 12.3 Å². The molecular weight excluding hydrogens is 234 g/mol. The molecule has 0 bridgehead atoms. The molecule has 0 spiro atoms. The molecule has 0 aliphatic rings. The molecule has 114 valence electrons. The van der Waals surface area contributed by atoms with Gasteiger partial charge in [0.2, 0.25) is 0 Å². The lowest BCUT2D eigenvalue weighted by Crippen LogP contribution is -2.33. The van der Waals surface area contributed by atoms with Gasteiger partial charge in [-0.2, -0.15) is 0 Å². The van der Waals surface area contributed by atoms with Crippen molar-refractivity contribution in [2.24, 2.45) is 5.92 Å². The van der Waals surface area contributed by atoms with Crippen LogP contribution in [0.25, 0.3) is 0 Å². The van der Waals surface area contributed by atoms with Gasteiger partial charge in [0.25, 0.3) is 0 Å². The average Bonchev–Trinajstić information content (AvgIpc) is 2.41. The summed E-state index contributed by atoms with van der Waals surface area (Å²) in [4.78, 5) is 4.83. The summed E-state index contributed by atoms with van der Waals surface area (Å²) in [6.45, 7) is 16.6. The third kappa shape index (κ3) is 9.06. The normalized spacial score (nSPS) is 12.7. The van der Waals surface area contributed by atoms with Crippen molar-refractivity contribution in [3.8, 4) is 0 Å². The van der Waals surface area contributed by atoms with Gasteiger partial charge in [0.15, 0.2) is 0 Å². The molecule has 0 fully saturated rings. The van der Waals surface area contributed by atoms with Crippen LogP contribution in [-0.2, 0) is 0 Å². The number of nitrogens with one attached hydrogen (secondary N) is 1. The Morgan fingerprint density at radius 2 is 1.89 bits per heavy atom. The summed E-state index contributed by atoms with van der Waals surface area (Å²) in [5.74, 6) is 0.739. The second-order valence-corrected chi connectivity index (χ2v) is 5.62. The lowest BCUT2D eigenvalue weighted by atomic mass is 10.0. The Labute approximate surface area is 121 Å². The maximum atomic E-state index is 4.30. The first-order valence-electron chi connectivity index (χ1n) is 7.80. The lowest BCUT2D eigenvalue weighted by Gasteiger charge is -2.29. The fraction of sp³-hybridized carbons (Fsp3) is 0.875. The highest BCUT2D eigenvalue weighted by Crippen LogP contribution is 2.16. The van der Waals surface area contributed by atoms with Crippen LogP contribution in [-0.4, -0.2) is 56.6 Å². The Morgan fingerprint density at radius 1 is 1.21 bits per heavy atom. The second kappa shape index (κ2) is 11.3. The van der Waals surface area contributed by atoms with Crippen LogP contribution in [0.4, 0.5) is 0 Å². The van der Waals surface area contributed by atoms with Gasteiger partial charge in [-0.3, -0.25) is 0 Å². The predicted molar refractivity (Wildman–Crippen MR) is 86.5 cm³/mol. The molecule has 0 radical (unpaired) electrons. The van der Waals surface area contributed by atoms with E-state index >= 15 is 0 Å². The molecule has 19 heavy (non-hydrogen) atoms. The highest BCUT2D eigenvalue weighted by atomic mass is 15.2. The SMILES string of the molecule is C=C(CC(C)CC)N(CCCN(C)CC)CCNC. The van der Waals surface area contributed by atoms with Crippen LogP contribution in [0.2, 0.25) is 0 Å². The van der Waals surface area contributed by atoms with Crippen molar-refractivity contribution in [1.29, 1.82) is 0 Å². The molecule has 0 amide bonds. The topological polar surface area (TPSA) is 18.5 Å². The van der Waals surface area contributed by atoms with Crippen molar-refractivity contribution < 1.29 is 0 Å². The van der Waals surface area contributed by atoms with Crippen molar-refractivity contribution in [1.82, 2.24) is 15.1 Å². The van der Waals surface area contributed by atoms with Gasteiger partial charge >= 0.3 is 0 Å². The molecule has 0 aliphatic heterocycles. The number of hydrogen-bond donors (Lipinski definition) is 1. The van der Waals surface area contributed by atoms with Crippen molar-refractivity contribution in [2.75, 3.05) is 46.8 Å². The molecule has 1 N–H and O–H groups in total. The van der Waals surface area contributed by atoms with E-state index in [4.69, 9.17) is 0 Å². The summed E-state index contributed by atoms with van der Waals surface area (Å²) in [5.41, 5.74) is 1.31. The fourth-order valence-corrected chi connectivity index (χ4v) is 2.04. The van der Waals surface area contributed by atoms with Gasteiger partial charge in [0.05, 0.1) is 0 Å². The largest absolute Gasteiger partial charge is 0.374 e. The molecule has 0 aliphatic carbocycles. The summed E-state index contributed by atoms with van der Waals surface area (Å²) in [7, 11) is 4.20. The molecule has 3 heteroatoms. The van der Waals surface area contributed by atoms with E-state index in [0.29, 0.717) is 0 Å². The maximum Gasteiger partial charge on any atom is 0.0299 e. The second-order valence-electron chi connectivity index (χ2n) is 5.62. The molecule has 0 saturated carbocycles. The van der Waals surface area contributed by atoms with E-state index in [1.165, 1.54) is 25.1 Å². The minimum absolute atomic E-state index is 0.739. The molecule has 1 atom stereocenters. The van der Waals surface area contributed by atoms with Gasteiger partial charge < -0.3 is 15.1 Å². The van der Waals surface area contributed by atoms with Crippen molar-refractivity contribution in [3.63, 3.8) is 0 Å². The summed E-state index contributed by atoms with van der Waals surface area (Å²) >= 11 is 0. The number of rotatable bonds is 12. The van der Waals surface area contributed by atoms with Gasteiger partial charge in [0.1, 0.15) is 0 Å². The molecule has 0 aromatic carbocycles. The number of likely N-dealkylation sites (N-methyl/N-ethyl adjacent to an activating group) is 1. The fourth-order valence-electron chi connectivity index (χ4n) is 2.04. The van der Waals surface area contributed by atoms with Crippen molar-refractivity contribution in [2.45, 2.75) is 40.0 Å². The highest BCUT2D eigenvalue weighted by Gasteiger charge is 2.10. The van der Waals surface area contributed by atoms with Crippen molar-refractivity contribution >= 4 is 0 Å². The molecular formula is C16H35N3. The Balaban J connectivity index is 4.16. The Morgan fingerprint density at radius 3 is 2.42 bits per heavy atom. The molecule has 0 saturated heterocycles. The zero-order valence-corrected chi connectivity index (χ0v) is 13.8. The van der Waals surface area contributed by atoms with Gasteiger partial charge in [0, 0.05) is 25.3 Å². The summed E-state index contributed by atoms with van der Waals surface area (Å²) in [5, 5.41) is 3.24. The lowest BCUT2D eigenvalue weighted by molar-refractivity contribution is 0.279. The molecule has 0 aromatic heterocycles. The minimum atomic E-state index is 0.739. The standard InChI is InChI=1S/C16H35N3/c1-7-15(3)14-16(4)19(13-10-17-5)12-9-11-18(6)8-2/h15,17H,4,7-14H2,1-3,5-6H3. The van der Waals surface area contributed by atoms with Gasteiger partial charge in [-0.15, -0.1) is 0 Å². The van der Waals surface area contributed by atoms with Crippen LogP contribution in [0.15, 0.2) is 12.3 Å². The highest BCUT2D eigenvalue weighted by molar-refractivity contribution is 4.95. The molecule has 0 heterocycles. The van der Waals surface area contributed by atoms with Crippen LogP contribution >= 0.6 is 0 Å². The number of hydrogen-bond acceptors (Lipinski definition) is 3. The minimum Gasteiger partial charge on any atom is -0.374 e. The summed E-state index contributed by atoms with van der Waals surface area (Å²) in [6.07, 6.45) is 3.58. The van der Waals surface area contributed by atoms with E-state index in [-0.39, 0.29) is 0 Å². The molecule has 0 rings (SSSR count). The van der Waals surface area contributed by atoms with E-state index in [9.17, 15) is 0 Å². The van der Waals surface area contributed by atoms with E-state index in [0.717, 1.165) is 38.5 Å². The summed E-state index contributed by atoms with van der Waals surface area (Å²) < 4.78 is 0. The van der Waals surface area contributed by atoms with Gasteiger partial charge in [-0.05, 0) is 45.9 Å². The van der Waals surface area contributed by atoms with Crippen LogP contribution in [0.3, 0.4) is 0 Å². The quantitative estimate of drug-likeness (QED) is 0.588. The van der Waals surface area contributed by atoms with E-state index in [2.05, 4.69) is 49.5 Å². The summed E-state index contributed by atoms with van der Waals surface area (Å²) in [6, 6.07) is 0. The van der Waals surface area contributed by atoms with E-state index < -0.39 is 0 Å². The average molecular weight is 269 g/mol. The van der Waals surface area contributed by atoms with Crippen LogP contribution < -0.4 is 5.32 Å². The monoisotopic (exact) mass is 269 g/mol. The Hall–Kier alpha value is -0.540. The van der Waals surface area contributed by atoms with Gasteiger partial charge in [-0.25, -0.2) is 0 Å². The zero-order chi connectivity index (χ0) is 14.7. The third-order valence-corrected chi connectivity index (χ3v) is 3.87. The maximum absolute atomic E-state index is 4.30. The van der Waals surface area contributed by atoms with E-state index in [1.807, 2.05) is 7.05 Å². The first-order valence-corrected chi connectivity index (χ1v) is 7.80. The van der Waals surface area contributed by atoms with E-state index in [1.54, 1.807) is 0 Å². The smallest absolute Gasteiger partial charge is 0.0299 e. The number of nitrogens with zero attached hydrogens (tertiary/aromatic N) is 2. The van der Waals surface area contributed by atoms with Crippen LogP contribution in [0.1, 0.15) is 40.0 Å². The Bertz CT molecular complexity index is 228. The number of allylic oxidation sites excluding steroid dienone is 1. The zero-order valence-electron chi connectivity index (χ0n) is 13.8. The third-order valence-electron chi connectivity index (χ3n) is 3.87. The molecule has 1 unspecified atom stereocenters. The molecule has 0 aromatic rings. The first kappa shape index (κ1) is 18.5. The predicted octanol–water partition coefficient (Wildman–Crippen LogP) is 2.80. The van der Waals surface area contributed by atoms with Gasteiger partial charge in [-0.1, -0.05) is 33.8 Å². The van der Waals surface area contributed by atoms with Crippen LogP contribution in [0, 0.1) is 5.92 Å². The van der Waals surface area contributed by atoms with Crippen LogP contribution in [0.5, 0.6) is 0 Å². The Kier molecular flexibility index (Phi) is 11.0. The first-order chi connectivity index (χ1) is 9.04. The molecule has 3 nitrogen and oxygen atoms in total.